The third-order valence-corrected chi connectivity index (χ3v) is 14.8. The fraction of sp³-hybridized carbons (Fsp3) is 0.0339. The van der Waals surface area contributed by atoms with Crippen molar-refractivity contribution in [1.82, 2.24) is 14.1 Å². The zero-order valence-corrected chi connectivity index (χ0v) is 35.0. The first kappa shape index (κ1) is 34.9. The molecule has 4 heteroatoms. The fourth-order valence-electron chi connectivity index (χ4n) is 10.9. The summed E-state index contributed by atoms with van der Waals surface area (Å²) in [4.78, 5) is 5.10. The van der Waals surface area contributed by atoms with Gasteiger partial charge in [-0.25, -0.2) is 0 Å². The molecular formula is C59H37N3S. The van der Waals surface area contributed by atoms with Crippen LogP contribution in [0.1, 0.15) is 12.5 Å². The van der Waals surface area contributed by atoms with Crippen molar-refractivity contribution in [3.63, 3.8) is 0 Å². The summed E-state index contributed by atoms with van der Waals surface area (Å²) in [5, 5.41) is 15.4. The molecule has 0 saturated heterocycles. The van der Waals surface area contributed by atoms with Gasteiger partial charge in [-0.05, 0) is 97.5 Å². The van der Waals surface area contributed by atoms with Crippen molar-refractivity contribution in [3.8, 4) is 28.1 Å². The highest BCUT2D eigenvalue weighted by Gasteiger charge is 2.24. The molecule has 63 heavy (non-hydrogen) atoms. The number of aromatic nitrogens is 3. The number of pyridine rings is 1. The van der Waals surface area contributed by atoms with E-state index >= 15 is 0 Å². The molecule has 1 aliphatic carbocycles. The van der Waals surface area contributed by atoms with Crippen LogP contribution in [0, 0.1) is 0 Å². The van der Waals surface area contributed by atoms with Crippen LogP contribution in [0.25, 0.3) is 126 Å². The lowest BCUT2D eigenvalue weighted by atomic mass is 9.91. The minimum atomic E-state index is 0.117. The van der Waals surface area contributed by atoms with Crippen molar-refractivity contribution >= 4 is 110 Å². The molecule has 0 spiro atoms. The summed E-state index contributed by atoms with van der Waals surface area (Å²) in [6.45, 7) is 0. The fourth-order valence-corrected chi connectivity index (χ4v) is 11.9. The van der Waals surface area contributed by atoms with Crippen molar-refractivity contribution < 1.29 is 0 Å². The topological polar surface area (TPSA) is 22.8 Å². The number of hydrogen-bond donors (Lipinski definition) is 0. The molecule has 1 aliphatic rings. The van der Waals surface area contributed by atoms with Gasteiger partial charge in [-0.1, -0.05) is 158 Å². The normalized spacial score (nSPS) is 14.1. The van der Waals surface area contributed by atoms with Crippen LogP contribution in [0.3, 0.4) is 0 Å². The second-order valence-electron chi connectivity index (χ2n) is 17.0. The highest BCUT2D eigenvalue weighted by molar-refractivity contribution is 7.17. The predicted molar refractivity (Wildman–Crippen MR) is 269 cm³/mol. The van der Waals surface area contributed by atoms with Gasteiger partial charge in [0.05, 0.1) is 33.0 Å². The Morgan fingerprint density at radius 2 is 1.03 bits per heavy atom. The van der Waals surface area contributed by atoms with E-state index in [1.165, 1.54) is 113 Å². The summed E-state index contributed by atoms with van der Waals surface area (Å²) in [6.07, 6.45) is 8.00. The van der Waals surface area contributed by atoms with Gasteiger partial charge in [-0.15, -0.1) is 11.3 Å². The van der Waals surface area contributed by atoms with Crippen LogP contribution >= 0.6 is 11.3 Å². The van der Waals surface area contributed by atoms with Gasteiger partial charge in [0.1, 0.15) is 0 Å². The molecule has 13 aromatic rings. The minimum Gasteiger partial charge on any atom is -0.331 e. The Bertz CT molecular complexity index is 4150. The largest absolute Gasteiger partial charge is 0.331 e. The lowest BCUT2D eigenvalue weighted by Crippen LogP contribution is -2.25. The average Bonchev–Trinajstić information content (AvgIpc) is 4.01. The monoisotopic (exact) mass is 819 g/mol. The lowest BCUT2D eigenvalue weighted by Gasteiger charge is -2.20. The molecule has 0 amide bonds. The zero-order valence-electron chi connectivity index (χ0n) is 34.2. The van der Waals surface area contributed by atoms with Crippen LogP contribution < -0.4 is 9.75 Å². The van der Waals surface area contributed by atoms with E-state index in [0.29, 0.717) is 0 Å². The summed E-state index contributed by atoms with van der Waals surface area (Å²) < 4.78 is 7.66. The number of thiophene rings is 1. The highest BCUT2D eigenvalue weighted by atomic mass is 32.1. The molecule has 0 radical (unpaired) electrons. The molecular weight excluding hydrogens is 783 g/mol. The molecule has 4 aromatic heterocycles. The maximum atomic E-state index is 5.10. The van der Waals surface area contributed by atoms with Crippen LogP contribution in [-0.4, -0.2) is 14.1 Å². The first-order valence-corrected chi connectivity index (χ1v) is 22.6. The standard InChI is InChI=1S/C59H37N3S/c1-2-15-39(16-3-1)61-54-23-10-8-21-46(54)48-28-29-49-47-22-9-11-24-55(47)62(59(49)58(48)61)40-26-30-56-51(33-40)52-34-53(60-35-57(52)63-56)38-14-12-13-36(31-38)37-25-27-45-43-19-5-4-17-41(43)42-18-6-7-20-44(42)50(45)32-37/h1-25,27-35,40H,26H2. The third kappa shape index (κ3) is 5.10. The van der Waals surface area contributed by atoms with Gasteiger partial charge in [0.25, 0.3) is 0 Å². The number of benzene rings is 9. The molecule has 1 unspecified atom stereocenters. The molecule has 1 atom stereocenters. The first-order chi connectivity index (χ1) is 31.2. The Balaban J connectivity index is 0.933. The minimum absolute atomic E-state index is 0.117. The lowest BCUT2D eigenvalue weighted by molar-refractivity contribution is 0.697. The summed E-state index contributed by atoms with van der Waals surface area (Å²) in [5.74, 6) is 0. The Morgan fingerprint density at radius 1 is 0.444 bits per heavy atom. The maximum absolute atomic E-state index is 5.10. The molecule has 0 saturated carbocycles. The van der Waals surface area contributed by atoms with Crippen LogP contribution in [0.5, 0.6) is 0 Å². The summed E-state index contributed by atoms with van der Waals surface area (Å²) in [6, 6.07) is 69.3. The molecule has 0 N–H and O–H groups in total. The van der Waals surface area contributed by atoms with Gasteiger partial charge in [0.15, 0.2) is 0 Å². The summed E-state index contributed by atoms with van der Waals surface area (Å²) in [7, 11) is 0. The molecule has 0 aliphatic heterocycles. The van der Waals surface area contributed by atoms with Gasteiger partial charge in [-0.3, -0.25) is 4.98 Å². The van der Waals surface area contributed by atoms with E-state index in [2.05, 4.69) is 216 Å². The second kappa shape index (κ2) is 13.4. The molecule has 14 rings (SSSR count). The van der Waals surface area contributed by atoms with E-state index in [1.807, 2.05) is 11.3 Å². The van der Waals surface area contributed by atoms with Crippen LogP contribution in [-0.2, 0) is 0 Å². The average molecular weight is 820 g/mol. The molecule has 0 bridgehead atoms. The Kier molecular flexibility index (Phi) is 7.39. The molecule has 4 heterocycles. The van der Waals surface area contributed by atoms with Crippen molar-refractivity contribution in [2.24, 2.45) is 0 Å². The van der Waals surface area contributed by atoms with Crippen molar-refractivity contribution in [1.29, 1.82) is 0 Å². The van der Waals surface area contributed by atoms with Gasteiger partial charge in [-0.2, -0.15) is 0 Å². The van der Waals surface area contributed by atoms with E-state index in [4.69, 9.17) is 4.98 Å². The van der Waals surface area contributed by atoms with Gasteiger partial charge >= 0.3 is 0 Å². The number of hydrogen-bond acceptors (Lipinski definition) is 2. The summed E-state index contributed by atoms with van der Waals surface area (Å²) in [5.41, 5.74) is 10.7. The Morgan fingerprint density at radius 3 is 1.79 bits per heavy atom. The van der Waals surface area contributed by atoms with E-state index in [0.717, 1.165) is 17.7 Å². The van der Waals surface area contributed by atoms with E-state index in [1.54, 1.807) is 0 Å². The molecule has 3 nitrogen and oxygen atoms in total. The number of rotatable bonds is 4. The smallest absolute Gasteiger partial charge is 0.0785 e. The Labute approximate surface area is 366 Å². The SMILES string of the molecule is C1=c2sc3cnc(-c4cccc(-c5ccc6c7ccccc7c7ccccc7c6c5)c4)cc3c2=CC(n2c3ccccc3c3ccc4c5ccccc5n(-c5ccccc5)c4c32)C1. The van der Waals surface area contributed by atoms with Crippen LogP contribution in [0.4, 0.5) is 0 Å². The van der Waals surface area contributed by atoms with Crippen molar-refractivity contribution in [2.45, 2.75) is 12.5 Å². The zero-order chi connectivity index (χ0) is 41.2. The third-order valence-electron chi connectivity index (χ3n) is 13.6. The molecule has 9 aromatic carbocycles. The molecule has 0 fully saturated rings. The van der Waals surface area contributed by atoms with Crippen molar-refractivity contribution in [3.05, 3.63) is 204 Å². The highest BCUT2D eigenvalue weighted by Crippen LogP contribution is 2.43. The number of para-hydroxylation sites is 3. The van der Waals surface area contributed by atoms with Gasteiger partial charge in [0.2, 0.25) is 0 Å². The van der Waals surface area contributed by atoms with Crippen LogP contribution in [0.15, 0.2) is 194 Å². The van der Waals surface area contributed by atoms with E-state index in [-0.39, 0.29) is 6.04 Å². The Hall–Kier alpha value is -7.79. The van der Waals surface area contributed by atoms with E-state index in [9.17, 15) is 0 Å². The van der Waals surface area contributed by atoms with Crippen molar-refractivity contribution in [2.75, 3.05) is 0 Å². The quantitative estimate of drug-likeness (QED) is 0.162. The van der Waals surface area contributed by atoms with E-state index < -0.39 is 0 Å². The maximum Gasteiger partial charge on any atom is 0.0785 e. The predicted octanol–water partition coefficient (Wildman–Crippen LogP) is 14.5. The number of nitrogens with zero attached hydrogens (tertiary/aromatic N) is 3. The van der Waals surface area contributed by atoms with Gasteiger partial charge < -0.3 is 9.13 Å². The van der Waals surface area contributed by atoms with Crippen LogP contribution in [0.2, 0.25) is 0 Å². The van der Waals surface area contributed by atoms with Gasteiger partial charge in [0, 0.05) is 54.4 Å². The second-order valence-corrected chi connectivity index (χ2v) is 18.1. The summed E-state index contributed by atoms with van der Waals surface area (Å²) >= 11 is 1.86. The number of fused-ring (bicyclic) bond motifs is 16. The first-order valence-electron chi connectivity index (χ1n) is 21.8. The molecule has 294 valence electrons.